The second kappa shape index (κ2) is 5.19. The molecule has 1 aliphatic rings. The fourth-order valence-electron chi connectivity index (χ4n) is 3.16. The average molecular weight is 272 g/mol. The molecule has 2 aromatic rings. The van der Waals surface area contributed by atoms with Gasteiger partial charge in [0.25, 0.3) is 0 Å². The lowest BCUT2D eigenvalue weighted by Gasteiger charge is -2.44. The molecule has 1 aromatic heterocycles. The van der Waals surface area contributed by atoms with Gasteiger partial charge >= 0.3 is 0 Å². The summed E-state index contributed by atoms with van der Waals surface area (Å²) in [5, 5.41) is 9.54. The molecule has 0 radical (unpaired) electrons. The van der Waals surface area contributed by atoms with E-state index < -0.39 is 0 Å². The van der Waals surface area contributed by atoms with Gasteiger partial charge in [-0.05, 0) is 19.4 Å². The number of fused-ring (bicyclic) bond motifs is 1. The summed E-state index contributed by atoms with van der Waals surface area (Å²) in [6.45, 7) is 8.79. The summed E-state index contributed by atoms with van der Waals surface area (Å²) in [6.07, 6.45) is 1.16. The Hall–Kier alpha value is -1.39. The molecule has 4 nitrogen and oxygen atoms in total. The van der Waals surface area contributed by atoms with Crippen molar-refractivity contribution in [1.82, 2.24) is 20.0 Å². The first-order valence-electron chi connectivity index (χ1n) is 7.50. The van der Waals surface area contributed by atoms with E-state index in [1.807, 2.05) is 11.7 Å². The van der Waals surface area contributed by atoms with Crippen molar-refractivity contribution in [2.75, 3.05) is 19.6 Å². The molecule has 0 saturated carbocycles. The topological polar surface area (TPSA) is 33.1 Å². The van der Waals surface area contributed by atoms with Crippen LogP contribution in [-0.2, 0) is 13.6 Å². The highest BCUT2D eigenvalue weighted by Crippen LogP contribution is 2.26. The Morgan fingerprint density at radius 3 is 2.95 bits per heavy atom. The number of rotatable bonds is 3. The minimum Gasteiger partial charge on any atom is -0.314 e. The van der Waals surface area contributed by atoms with E-state index in [1.54, 1.807) is 0 Å². The molecule has 0 amide bonds. The Bertz CT molecular complexity index is 604. The zero-order chi connectivity index (χ0) is 14.2. The number of hydrogen-bond donors (Lipinski definition) is 1. The van der Waals surface area contributed by atoms with Crippen molar-refractivity contribution in [3.8, 4) is 0 Å². The largest absolute Gasteiger partial charge is 0.314 e. The first kappa shape index (κ1) is 13.6. The lowest BCUT2D eigenvalue weighted by molar-refractivity contribution is 0.0628. The van der Waals surface area contributed by atoms with Crippen LogP contribution >= 0.6 is 0 Å². The van der Waals surface area contributed by atoms with Gasteiger partial charge in [-0.2, -0.15) is 5.10 Å². The summed E-state index contributed by atoms with van der Waals surface area (Å²) < 4.78 is 2.00. The number of nitrogens with one attached hydrogen (secondary N) is 1. The zero-order valence-corrected chi connectivity index (χ0v) is 12.7. The van der Waals surface area contributed by atoms with Gasteiger partial charge in [-0.15, -0.1) is 0 Å². The quantitative estimate of drug-likeness (QED) is 0.929. The molecular formula is C16H24N4. The molecule has 1 atom stereocenters. The first-order chi connectivity index (χ1) is 9.64. The van der Waals surface area contributed by atoms with Gasteiger partial charge in [0.15, 0.2) is 0 Å². The van der Waals surface area contributed by atoms with E-state index in [0.29, 0.717) is 0 Å². The van der Waals surface area contributed by atoms with Crippen molar-refractivity contribution in [3.05, 3.63) is 30.0 Å². The summed E-state index contributed by atoms with van der Waals surface area (Å²) in [4.78, 5) is 2.58. The minimum atomic E-state index is 0.233. The first-order valence-corrected chi connectivity index (χ1v) is 7.50. The van der Waals surface area contributed by atoms with Crippen LogP contribution in [0.4, 0.5) is 0 Å². The normalized spacial score (nSPS) is 24.4. The molecule has 4 heteroatoms. The molecule has 0 aliphatic carbocycles. The number of para-hydroxylation sites is 1. The second-order valence-corrected chi connectivity index (χ2v) is 6.04. The molecule has 0 bridgehead atoms. The Morgan fingerprint density at radius 2 is 2.15 bits per heavy atom. The van der Waals surface area contributed by atoms with Gasteiger partial charge in [-0.3, -0.25) is 9.58 Å². The zero-order valence-electron chi connectivity index (χ0n) is 12.7. The maximum Gasteiger partial charge on any atom is 0.0843 e. The van der Waals surface area contributed by atoms with Gasteiger partial charge in [-0.25, -0.2) is 0 Å². The van der Waals surface area contributed by atoms with Gasteiger partial charge < -0.3 is 5.32 Å². The van der Waals surface area contributed by atoms with E-state index in [2.05, 4.69) is 48.3 Å². The third-order valence-corrected chi connectivity index (χ3v) is 4.76. The summed E-state index contributed by atoms with van der Waals surface area (Å²) in [6, 6.07) is 8.50. The van der Waals surface area contributed by atoms with Crippen LogP contribution in [-0.4, -0.2) is 39.9 Å². The highest BCUT2D eigenvalue weighted by molar-refractivity contribution is 5.81. The van der Waals surface area contributed by atoms with E-state index in [4.69, 9.17) is 5.10 Å². The Morgan fingerprint density at radius 1 is 1.35 bits per heavy atom. The summed E-state index contributed by atoms with van der Waals surface area (Å²) >= 11 is 0. The summed E-state index contributed by atoms with van der Waals surface area (Å²) in [5.74, 6) is 0. The van der Waals surface area contributed by atoms with Crippen molar-refractivity contribution in [1.29, 1.82) is 0 Å². The molecule has 1 aliphatic heterocycles. The second-order valence-electron chi connectivity index (χ2n) is 6.04. The van der Waals surface area contributed by atoms with Crippen LogP contribution in [0.2, 0.25) is 0 Å². The number of hydrogen-bond acceptors (Lipinski definition) is 3. The monoisotopic (exact) mass is 272 g/mol. The predicted octanol–water partition coefficient (Wildman–Crippen LogP) is 2.15. The van der Waals surface area contributed by atoms with Crippen LogP contribution in [0.5, 0.6) is 0 Å². The smallest absolute Gasteiger partial charge is 0.0843 e. The minimum absolute atomic E-state index is 0.233. The number of aryl methyl sites for hydroxylation is 1. The van der Waals surface area contributed by atoms with Gasteiger partial charge in [-0.1, -0.05) is 25.1 Å². The van der Waals surface area contributed by atoms with Crippen LogP contribution in [0.1, 0.15) is 26.0 Å². The van der Waals surface area contributed by atoms with Crippen molar-refractivity contribution in [2.45, 2.75) is 32.4 Å². The van der Waals surface area contributed by atoms with Crippen molar-refractivity contribution >= 4 is 10.9 Å². The molecule has 1 aromatic carbocycles. The van der Waals surface area contributed by atoms with Gasteiger partial charge in [0.1, 0.15) is 0 Å². The summed E-state index contributed by atoms with van der Waals surface area (Å²) in [5.41, 5.74) is 2.65. The van der Waals surface area contributed by atoms with Crippen molar-refractivity contribution < 1.29 is 0 Å². The average Bonchev–Trinajstić information content (AvgIpc) is 2.79. The maximum atomic E-state index is 4.74. The lowest BCUT2D eigenvalue weighted by atomic mass is 9.93. The van der Waals surface area contributed by atoms with Crippen molar-refractivity contribution in [3.63, 3.8) is 0 Å². The molecule has 0 spiro atoms. The van der Waals surface area contributed by atoms with Gasteiger partial charge in [0.2, 0.25) is 0 Å². The highest BCUT2D eigenvalue weighted by atomic mass is 15.3. The van der Waals surface area contributed by atoms with Crippen LogP contribution < -0.4 is 5.32 Å². The van der Waals surface area contributed by atoms with Crippen molar-refractivity contribution in [2.24, 2.45) is 7.05 Å². The molecule has 3 rings (SSSR count). The molecule has 2 heterocycles. The molecule has 1 saturated heterocycles. The highest BCUT2D eigenvalue weighted by Gasteiger charge is 2.33. The Labute approximate surface area is 120 Å². The SMILES string of the molecule is CCC1(C)CNCCN1Cc1nn(C)c2ccccc12. The van der Waals surface area contributed by atoms with E-state index in [-0.39, 0.29) is 5.54 Å². The molecule has 1 unspecified atom stereocenters. The number of aromatic nitrogens is 2. The van der Waals surface area contributed by atoms with Gasteiger partial charge in [0.05, 0.1) is 11.2 Å². The molecule has 108 valence electrons. The van der Waals surface area contributed by atoms with E-state index in [0.717, 1.165) is 32.6 Å². The van der Waals surface area contributed by atoms with Crippen LogP contribution in [0.25, 0.3) is 10.9 Å². The Kier molecular flexibility index (Phi) is 3.52. The van der Waals surface area contributed by atoms with Crippen LogP contribution in [0.3, 0.4) is 0 Å². The molecule has 20 heavy (non-hydrogen) atoms. The third-order valence-electron chi connectivity index (χ3n) is 4.76. The van der Waals surface area contributed by atoms with Crippen LogP contribution in [0, 0.1) is 0 Å². The van der Waals surface area contributed by atoms with E-state index >= 15 is 0 Å². The Balaban J connectivity index is 1.92. The lowest BCUT2D eigenvalue weighted by Crippen LogP contribution is -2.58. The fraction of sp³-hybridized carbons (Fsp3) is 0.562. The number of piperazine rings is 1. The van der Waals surface area contributed by atoms with E-state index in [9.17, 15) is 0 Å². The van der Waals surface area contributed by atoms with E-state index in [1.165, 1.54) is 16.6 Å². The molecule has 1 fully saturated rings. The summed E-state index contributed by atoms with van der Waals surface area (Å²) in [7, 11) is 2.03. The number of benzene rings is 1. The maximum absolute atomic E-state index is 4.74. The van der Waals surface area contributed by atoms with Crippen LogP contribution in [0.15, 0.2) is 24.3 Å². The predicted molar refractivity (Wildman–Crippen MR) is 82.7 cm³/mol. The number of nitrogens with zero attached hydrogens (tertiary/aromatic N) is 3. The standard InChI is InChI=1S/C16H24N4/c1-4-16(2)12-17-9-10-20(16)11-14-13-7-5-6-8-15(13)19(3)18-14/h5-8,17H,4,9-12H2,1-3H3. The fourth-order valence-corrected chi connectivity index (χ4v) is 3.16. The van der Waals surface area contributed by atoms with Gasteiger partial charge in [0, 0.05) is 44.2 Å². The molecule has 1 N–H and O–H groups in total. The third kappa shape index (κ3) is 2.23. The molecular weight excluding hydrogens is 248 g/mol.